The zero-order valence-electron chi connectivity index (χ0n) is 14.7. The molecule has 2 aromatic rings. The lowest BCUT2D eigenvalue weighted by atomic mass is 9.82. The van der Waals surface area contributed by atoms with Gasteiger partial charge in [-0.1, -0.05) is 34.5 Å². The number of carbonyl (C=O) groups is 1. The molecule has 0 saturated carbocycles. The van der Waals surface area contributed by atoms with Crippen molar-refractivity contribution in [3.63, 3.8) is 0 Å². The Morgan fingerprint density at radius 2 is 2.04 bits per heavy atom. The molecule has 2 aromatic heterocycles. The van der Waals surface area contributed by atoms with Crippen LogP contribution in [-0.2, 0) is 11.2 Å². The summed E-state index contributed by atoms with van der Waals surface area (Å²) in [5, 5.41) is 12.5. The maximum Gasteiger partial charge on any atom is 0.254 e. The van der Waals surface area contributed by atoms with Gasteiger partial charge >= 0.3 is 0 Å². The van der Waals surface area contributed by atoms with Crippen molar-refractivity contribution in [3.05, 3.63) is 34.6 Å². The number of aromatic nitrogens is 2. The summed E-state index contributed by atoms with van der Waals surface area (Å²) in [6, 6.07) is 3.79. The zero-order valence-corrected chi connectivity index (χ0v) is 17.1. The van der Waals surface area contributed by atoms with Crippen LogP contribution in [0.25, 0.3) is 5.52 Å². The molecule has 0 aliphatic carbocycles. The molecule has 0 saturated heterocycles. The smallest absolute Gasteiger partial charge is 0.254 e. The van der Waals surface area contributed by atoms with Crippen LogP contribution in [0.4, 0.5) is 0 Å². The average molecular weight is 426 g/mol. The topological polar surface area (TPSA) is 50.0 Å². The SMILES string of the molecule is CCc1nn2cc(Cl)ccc2c1C1=NN(CCCCBr)C(=O)C1(C)C. The molecular formula is C18H22BrClN4O. The molecule has 134 valence electrons. The Morgan fingerprint density at radius 3 is 2.72 bits per heavy atom. The van der Waals surface area contributed by atoms with E-state index in [0.717, 1.165) is 47.1 Å². The van der Waals surface area contributed by atoms with Crippen LogP contribution in [0.5, 0.6) is 0 Å². The second-order valence-electron chi connectivity index (χ2n) is 6.75. The third-order valence-corrected chi connectivity index (χ3v) is 5.36. The van der Waals surface area contributed by atoms with E-state index in [1.165, 1.54) is 0 Å². The molecule has 0 spiro atoms. The highest BCUT2D eigenvalue weighted by atomic mass is 79.9. The lowest BCUT2D eigenvalue weighted by molar-refractivity contribution is -0.135. The summed E-state index contributed by atoms with van der Waals surface area (Å²) in [7, 11) is 0. The van der Waals surface area contributed by atoms with Crippen LogP contribution in [0.2, 0.25) is 5.02 Å². The van der Waals surface area contributed by atoms with Gasteiger partial charge in [0.25, 0.3) is 5.91 Å². The van der Waals surface area contributed by atoms with Crippen molar-refractivity contribution in [1.29, 1.82) is 0 Å². The predicted octanol–water partition coefficient (Wildman–Crippen LogP) is 4.30. The first-order valence-electron chi connectivity index (χ1n) is 8.54. The van der Waals surface area contributed by atoms with E-state index in [1.54, 1.807) is 15.7 Å². The maximum atomic E-state index is 12.9. The molecule has 0 N–H and O–H groups in total. The molecule has 3 heterocycles. The fourth-order valence-corrected chi connectivity index (χ4v) is 3.72. The highest BCUT2D eigenvalue weighted by molar-refractivity contribution is 9.09. The fourth-order valence-electron chi connectivity index (χ4n) is 3.16. The van der Waals surface area contributed by atoms with Crippen molar-refractivity contribution in [2.75, 3.05) is 11.9 Å². The van der Waals surface area contributed by atoms with Crippen LogP contribution >= 0.6 is 27.5 Å². The van der Waals surface area contributed by atoms with Gasteiger partial charge in [-0.25, -0.2) is 9.52 Å². The quantitative estimate of drug-likeness (QED) is 0.512. The van der Waals surface area contributed by atoms with Crippen molar-refractivity contribution >= 4 is 44.7 Å². The zero-order chi connectivity index (χ0) is 18.2. The van der Waals surface area contributed by atoms with E-state index in [4.69, 9.17) is 16.7 Å². The van der Waals surface area contributed by atoms with Gasteiger partial charge in [-0.3, -0.25) is 4.79 Å². The van der Waals surface area contributed by atoms with Crippen LogP contribution in [0, 0.1) is 5.41 Å². The van der Waals surface area contributed by atoms with Crippen LogP contribution in [-0.4, -0.2) is 38.1 Å². The van der Waals surface area contributed by atoms with Gasteiger partial charge in [-0.2, -0.15) is 10.2 Å². The van der Waals surface area contributed by atoms with E-state index in [-0.39, 0.29) is 5.91 Å². The summed E-state index contributed by atoms with van der Waals surface area (Å²) in [6.07, 6.45) is 4.50. The maximum absolute atomic E-state index is 12.9. The Balaban J connectivity index is 2.09. The van der Waals surface area contributed by atoms with Crippen LogP contribution in [0.3, 0.4) is 0 Å². The number of carbonyl (C=O) groups excluding carboxylic acids is 1. The second kappa shape index (κ2) is 7.08. The number of unbranched alkanes of at least 4 members (excludes halogenated alkanes) is 1. The van der Waals surface area contributed by atoms with E-state index < -0.39 is 5.41 Å². The molecule has 7 heteroatoms. The first kappa shape index (κ1) is 18.4. The van der Waals surface area contributed by atoms with Gasteiger partial charge < -0.3 is 0 Å². The highest BCUT2D eigenvalue weighted by Crippen LogP contribution is 2.35. The van der Waals surface area contributed by atoms with E-state index in [9.17, 15) is 4.79 Å². The molecule has 1 amide bonds. The molecule has 0 aromatic carbocycles. The minimum absolute atomic E-state index is 0.0486. The Labute approximate surface area is 161 Å². The first-order valence-corrected chi connectivity index (χ1v) is 10.0. The summed E-state index contributed by atoms with van der Waals surface area (Å²) in [4.78, 5) is 12.9. The number of pyridine rings is 1. The van der Waals surface area contributed by atoms with Gasteiger partial charge in [0.05, 0.1) is 27.4 Å². The van der Waals surface area contributed by atoms with Gasteiger partial charge in [-0.05, 0) is 45.2 Å². The molecule has 0 fully saturated rings. The third kappa shape index (κ3) is 3.22. The molecular weight excluding hydrogens is 404 g/mol. The second-order valence-corrected chi connectivity index (χ2v) is 7.98. The Kier molecular flexibility index (Phi) is 5.21. The predicted molar refractivity (Wildman–Crippen MR) is 105 cm³/mol. The van der Waals surface area contributed by atoms with Crippen molar-refractivity contribution < 1.29 is 4.79 Å². The average Bonchev–Trinajstić information content (AvgIpc) is 3.03. The van der Waals surface area contributed by atoms with Crippen LogP contribution in [0.15, 0.2) is 23.4 Å². The lowest BCUT2D eigenvalue weighted by Crippen LogP contribution is -2.35. The number of rotatable bonds is 6. The Morgan fingerprint density at radius 1 is 1.28 bits per heavy atom. The van der Waals surface area contributed by atoms with Gasteiger partial charge in [0, 0.05) is 23.6 Å². The summed E-state index contributed by atoms with van der Waals surface area (Å²) in [6.45, 7) is 6.59. The molecule has 5 nitrogen and oxygen atoms in total. The summed E-state index contributed by atoms with van der Waals surface area (Å²) >= 11 is 9.53. The Bertz CT molecular complexity index is 843. The Hall–Kier alpha value is -1.40. The normalized spacial score (nSPS) is 16.8. The third-order valence-electron chi connectivity index (χ3n) is 4.57. The number of hydrazone groups is 1. The van der Waals surface area contributed by atoms with E-state index >= 15 is 0 Å². The van der Waals surface area contributed by atoms with Gasteiger partial charge in [0.15, 0.2) is 0 Å². The van der Waals surface area contributed by atoms with E-state index in [0.29, 0.717) is 11.6 Å². The monoisotopic (exact) mass is 424 g/mol. The van der Waals surface area contributed by atoms with Crippen LogP contribution in [0.1, 0.15) is 44.9 Å². The van der Waals surface area contributed by atoms with Crippen LogP contribution < -0.4 is 0 Å². The van der Waals surface area contributed by atoms with Crippen molar-refractivity contribution in [2.45, 2.75) is 40.0 Å². The van der Waals surface area contributed by atoms with Crippen molar-refractivity contribution in [1.82, 2.24) is 14.6 Å². The highest BCUT2D eigenvalue weighted by Gasteiger charge is 2.45. The molecule has 3 rings (SSSR count). The standard InChI is InChI=1S/C18H22BrClN4O/c1-4-13-15(14-8-7-12(20)11-24(14)21-13)16-18(2,3)17(25)23(22-16)10-6-5-9-19/h7-8,11H,4-6,9-10H2,1-3H3. The molecule has 0 bridgehead atoms. The molecule has 25 heavy (non-hydrogen) atoms. The number of hydrogen-bond donors (Lipinski definition) is 0. The molecule has 1 aliphatic heterocycles. The number of amides is 1. The number of hydrogen-bond acceptors (Lipinski definition) is 3. The lowest BCUT2D eigenvalue weighted by Gasteiger charge is -2.19. The number of nitrogens with zero attached hydrogens (tertiary/aromatic N) is 4. The largest absolute Gasteiger partial charge is 0.272 e. The van der Waals surface area contributed by atoms with Crippen molar-refractivity contribution in [3.8, 4) is 0 Å². The van der Waals surface area contributed by atoms with E-state index in [2.05, 4.69) is 28.0 Å². The number of aryl methyl sites for hydroxylation is 1. The van der Waals surface area contributed by atoms with Gasteiger partial charge in [0.1, 0.15) is 0 Å². The van der Waals surface area contributed by atoms with Crippen molar-refractivity contribution in [2.24, 2.45) is 10.5 Å². The number of fused-ring (bicyclic) bond motifs is 1. The molecule has 1 aliphatic rings. The van der Waals surface area contributed by atoms with Gasteiger partial charge in [-0.15, -0.1) is 0 Å². The number of halogens is 2. The number of alkyl halides is 1. The molecule has 0 unspecified atom stereocenters. The minimum Gasteiger partial charge on any atom is -0.272 e. The van der Waals surface area contributed by atoms with E-state index in [1.807, 2.05) is 26.0 Å². The molecule has 0 radical (unpaired) electrons. The van der Waals surface area contributed by atoms with Gasteiger partial charge in [0.2, 0.25) is 0 Å². The minimum atomic E-state index is -0.665. The molecule has 0 atom stereocenters. The summed E-state index contributed by atoms with van der Waals surface area (Å²) < 4.78 is 1.78. The first-order chi connectivity index (χ1) is 11.9. The summed E-state index contributed by atoms with van der Waals surface area (Å²) in [5.41, 5.74) is 2.96. The fraction of sp³-hybridized carbons (Fsp3) is 0.500. The summed E-state index contributed by atoms with van der Waals surface area (Å²) in [5.74, 6) is 0.0486.